The lowest BCUT2D eigenvalue weighted by Crippen LogP contribution is -2.02. The van der Waals surface area contributed by atoms with E-state index >= 15 is 0 Å². The average molecular weight is 182 g/mol. The van der Waals surface area contributed by atoms with Crippen molar-refractivity contribution in [3.05, 3.63) is 35.6 Å². The standard InChI is InChI=1S/C10H11FO2/c11-10-4-2-1-3-8(10)5-12-6-9-7-13-9/h1-4,9H,5-7H2. The van der Waals surface area contributed by atoms with Gasteiger partial charge in [-0.05, 0) is 6.07 Å². The maximum Gasteiger partial charge on any atom is 0.128 e. The molecule has 1 fully saturated rings. The van der Waals surface area contributed by atoms with Crippen molar-refractivity contribution in [1.29, 1.82) is 0 Å². The highest BCUT2D eigenvalue weighted by atomic mass is 19.1. The number of epoxide rings is 1. The summed E-state index contributed by atoms with van der Waals surface area (Å²) in [6.45, 7) is 1.66. The molecule has 70 valence electrons. The van der Waals surface area contributed by atoms with Crippen LogP contribution in [-0.4, -0.2) is 19.3 Å². The van der Waals surface area contributed by atoms with Crippen molar-refractivity contribution in [2.45, 2.75) is 12.7 Å². The van der Waals surface area contributed by atoms with Crippen LogP contribution in [0.15, 0.2) is 24.3 Å². The minimum atomic E-state index is -0.209. The lowest BCUT2D eigenvalue weighted by Gasteiger charge is -2.02. The molecule has 1 saturated heterocycles. The van der Waals surface area contributed by atoms with Gasteiger partial charge in [-0.25, -0.2) is 4.39 Å². The molecule has 1 atom stereocenters. The van der Waals surface area contributed by atoms with Gasteiger partial charge in [0.1, 0.15) is 11.9 Å². The molecule has 0 N–H and O–H groups in total. The summed E-state index contributed by atoms with van der Waals surface area (Å²) in [5.41, 5.74) is 0.600. The smallest absolute Gasteiger partial charge is 0.128 e. The van der Waals surface area contributed by atoms with Crippen LogP contribution >= 0.6 is 0 Å². The molecule has 3 heteroatoms. The molecule has 0 aromatic heterocycles. The van der Waals surface area contributed by atoms with Crippen LogP contribution in [0.4, 0.5) is 4.39 Å². The number of ether oxygens (including phenoxy) is 2. The summed E-state index contributed by atoms with van der Waals surface area (Å²) >= 11 is 0. The van der Waals surface area contributed by atoms with Gasteiger partial charge in [0.05, 0.1) is 19.8 Å². The van der Waals surface area contributed by atoms with Gasteiger partial charge in [-0.2, -0.15) is 0 Å². The van der Waals surface area contributed by atoms with Gasteiger partial charge in [0.2, 0.25) is 0 Å². The van der Waals surface area contributed by atoms with E-state index in [0.717, 1.165) is 6.61 Å². The summed E-state index contributed by atoms with van der Waals surface area (Å²) in [4.78, 5) is 0. The Bertz CT molecular complexity index is 284. The van der Waals surface area contributed by atoms with Crippen LogP contribution in [0.3, 0.4) is 0 Å². The monoisotopic (exact) mass is 182 g/mol. The Morgan fingerprint density at radius 3 is 2.92 bits per heavy atom. The van der Waals surface area contributed by atoms with Gasteiger partial charge in [-0.15, -0.1) is 0 Å². The average Bonchev–Trinajstić information content (AvgIpc) is 2.92. The van der Waals surface area contributed by atoms with Crippen LogP contribution in [0, 0.1) is 5.82 Å². The summed E-state index contributed by atoms with van der Waals surface area (Å²) in [7, 11) is 0. The van der Waals surface area contributed by atoms with Crippen LogP contribution in [-0.2, 0) is 16.1 Å². The van der Waals surface area contributed by atoms with E-state index in [4.69, 9.17) is 9.47 Å². The largest absolute Gasteiger partial charge is 0.374 e. The topological polar surface area (TPSA) is 21.8 Å². The number of benzene rings is 1. The Labute approximate surface area is 76.3 Å². The first kappa shape index (κ1) is 8.66. The lowest BCUT2D eigenvalue weighted by atomic mass is 10.2. The van der Waals surface area contributed by atoms with Gasteiger partial charge in [0.25, 0.3) is 0 Å². The molecule has 0 saturated carbocycles. The van der Waals surface area contributed by atoms with E-state index < -0.39 is 0 Å². The molecule has 2 rings (SSSR count). The van der Waals surface area contributed by atoms with Crippen LogP contribution in [0.1, 0.15) is 5.56 Å². The molecule has 0 radical (unpaired) electrons. The Kier molecular flexibility index (Phi) is 2.57. The van der Waals surface area contributed by atoms with E-state index in [-0.39, 0.29) is 11.9 Å². The van der Waals surface area contributed by atoms with Crippen molar-refractivity contribution in [2.75, 3.05) is 13.2 Å². The Morgan fingerprint density at radius 1 is 1.46 bits per heavy atom. The molecule has 0 amide bonds. The molecule has 1 aliphatic rings. The maximum absolute atomic E-state index is 13.0. The zero-order chi connectivity index (χ0) is 9.10. The molecule has 1 aromatic carbocycles. The highest BCUT2D eigenvalue weighted by molar-refractivity contribution is 5.16. The highest BCUT2D eigenvalue weighted by Gasteiger charge is 2.22. The number of halogens is 1. The fraction of sp³-hybridized carbons (Fsp3) is 0.400. The van der Waals surface area contributed by atoms with Crippen LogP contribution < -0.4 is 0 Å². The second kappa shape index (κ2) is 3.85. The predicted molar refractivity (Wildman–Crippen MR) is 45.8 cm³/mol. The van der Waals surface area contributed by atoms with Crippen molar-refractivity contribution >= 4 is 0 Å². The van der Waals surface area contributed by atoms with E-state index in [0.29, 0.717) is 18.8 Å². The summed E-state index contributed by atoms with van der Waals surface area (Å²) in [5, 5.41) is 0. The molecule has 2 nitrogen and oxygen atoms in total. The molecule has 0 bridgehead atoms. The zero-order valence-corrected chi connectivity index (χ0v) is 7.20. The summed E-state index contributed by atoms with van der Waals surface area (Å²) in [6.07, 6.45) is 0.242. The summed E-state index contributed by atoms with van der Waals surface area (Å²) in [6, 6.07) is 6.63. The second-order valence-electron chi connectivity index (χ2n) is 3.06. The Balaban J connectivity index is 1.82. The third-order valence-corrected chi connectivity index (χ3v) is 1.92. The third-order valence-electron chi connectivity index (χ3n) is 1.92. The molecule has 1 unspecified atom stereocenters. The molecule has 1 aromatic rings. The molecular weight excluding hydrogens is 171 g/mol. The van der Waals surface area contributed by atoms with Crippen LogP contribution in [0.25, 0.3) is 0 Å². The van der Waals surface area contributed by atoms with Crippen molar-refractivity contribution < 1.29 is 13.9 Å². The quantitative estimate of drug-likeness (QED) is 0.661. The zero-order valence-electron chi connectivity index (χ0n) is 7.20. The Morgan fingerprint density at radius 2 is 2.23 bits per heavy atom. The highest BCUT2D eigenvalue weighted by Crippen LogP contribution is 2.12. The molecule has 0 aliphatic carbocycles. The summed E-state index contributed by atoms with van der Waals surface area (Å²) < 4.78 is 23.2. The first-order chi connectivity index (χ1) is 6.36. The van der Waals surface area contributed by atoms with E-state index in [1.54, 1.807) is 18.2 Å². The SMILES string of the molecule is Fc1ccccc1COCC1CO1. The molecule has 1 aliphatic heterocycles. The number of hydrogen-bond acceptors (Lipinski definition) is 2. The van der Waals surface area contributed by atoms with Gasteiger partial charge in [-0.3, -0.25) is 0 Å². The van der Waals surface area contributed by atoms with Crippen molar-refractivity contribution in [3.8, 4) is 0 Å². The number of hydrogen-bond donors (Lipinski definition) is 0. The summed E-state index contributed by atoms with van der Waals surface area (Å²) in [5.74, 6) is -0.209. The van der Waals surface area contributed by atoms with Crippen molar-refractivity contribution in [1.82, 2.24) is 0 Å². The first-order valence-corrected chi connectivity index (χ1v) is 4.29. The molecule has 13 heavy (non-hydrogen) atoms. The Hall–Kier alpha value is -0.930. The molecule has 1 heterocycles. The first-order valence-electron chi connectivity index (χ1n) is 4.29. The number of rotatable bonds is 4. The van der Waals surface area contributed by atoms with E-state index in [1.165, 1.54) is 6.07 Å². The maximum atomic E-state index is 13.0. The van der Waals surface area contributed by atoms with Crippen molar-refractivity contribution in [2.24, 2.45) is 0 Å². The van der Waals surface area contributed by atoms with Crippen LogP contribution in [0.2, 0.25) is 0 Å². The fourth-order valence-electron chi connectivity index (χ4n) is 1.08. The normalized spacial score (nSPS) is 20.2. The van der Waals surface area contributed by atoms with Crippen molar-refractivity contribution in [3.63, 3.8) is 0 Å². The van der Waals surface area contributed by atoms with Gasteiger partial charge < -0.3 is 9.47 Å². The fourth-order valence-corrected chi connectivity index (χ4v) is 1.08. The lowest BCUT2D eigenvalue weighted by molar-refractivity contribution is 0.102. The van der Waals surface area contributed by atoms with E-state index in [9.17, 15) is 4.39 Å². The second-order valence-corrected chi connectivity index (χ2v) is 3.06. The minimum Gasteiger partial charge on any atom is -0.374 e. The van der Waals surface area contributed by atoms with E-state index in [2.05, 4.69) is 0 Å². The van der Waals surface area contributed by atoms with Gasteiger partial charge in [0, 0.05) is 5.56 Å². The molecule has 0 spiro atoms. The predicted octanol–water partition coefficient (Wildman–Crippen LogP) is 1.74. The van der Waals surface area contributed by atoms with Gasteiger partial charge >= 0.3 is 0 Å². The van der Waals surface area contributed by atoms with Gasteiger partial charge in [0.15, 0.2) is 0 Å². The van der Waals surface area contributed by atoms with E-state index in [1.807, 2.05) is 0 Å². The third kappa shape index (κ3) is 2.50. The van der Waals surface area contributed by atoms with Crippen LogP contribution in [0.5, 0.6) is 0 Å². The molecular formula is C10H11FO2. The van der Waals surface area contributed by atoms with Gasteiger partial charge in [-0.1, -0.05) is 18.2 Å². The minimum absolute atomic E-state index is 0.209.